The topological polar surface area (TPSA) is 99.4 Å². The molecule has 2 aliphatic heterocycles. The number of rotatable bonds is 3. The van der Waals surface area contributed by atoms with Crippen molar-refractivity contribution in [3.63, 3.8) is 0 Å². The Kier molecular flexibility index (Phi) is 4.59. The van der Waals surface area contributed by atoms with Crippen molar-refractivity contribution in [2.75, 3.05) is 14.2 Å². The van der Waals surface area contributed by atoms with E-state index in [9.17, 15) is 14.7 Å². The third-order valence-corrected chi connectivity index (χ3v) is 6.82. The zero-order valence-electron chi connectivity index (χ0n) is 17.6. The summed E-state index contributed by atoms with van der Waals surface area (Å²) in [7, 11) is 2.78. The van der Waals surface area contributed by atoms with Gasteiger partial charge >= 0.3 is 5.97 Å². The van der Waals surface area contributed by atoms with E-state index in [1.807, 2.05) is 24.3 Å². The van der Waals surface area contributed by atoms with Gasteiger partial charge in [-0.15, -0.1) is 0 Å². The molecule has 0 saturated carbocycles. The van der Waals surface area contributed by atoms with Crippen LogP contribution in [0.5, 0.6) is 17.2 Å². The van der Waals surface area contributed by atoms with Crippen LogP contribution in [0.15, 0.2) is 52.3 Å². The molecule has 3 heterocycles. The summed E-state index contributed by atoms with van der Waals surface area (Å²) >= 11 is 1.22. The summed E-state index contributed by atoms with van der Waals surface area (Å²) in [6, 6.07) is 11.6. The lowest BCUT2D eigenvalue weighted by Gasteiger charge is -2.44. The number of thiazole rings is 1. The molecule has 2 bridgehead atoms. The number of carbonyl (C=O) groups is 1. The largest absolute Gasteiger partial charge is 0.504 e. The maximum absolute atomic E-state index is 13.5. The van der Waals surface area contributed by atoms with Crippen molar-refractivity contribution in [3.8, 4) is 17.2 Å². The fourth-order valence-electron chi connectivity index (χ4n) is 4.37. The predicted octanol–water partition coefficient (Wildman–Crippen LogP) is 1.57. The van der Waals surface area contributed by atoms with Crippen LogP contribution in [-0.2, 0) is 9.53 Å². The van der Waals surface area contributed by atoms with Gasteiger partial charge in [-0.25, -0.2) is 4.99 Å². The summed E-state index contributed by atoms with van der Waals surface area (Å²) in [5.41, 5.74) is -0.0540. The first-order valence-corrected chi connectivity index (χ1v) is 10.7. The normalized spacial score (nSPS) is 23.4. The molecule has 0 fully saturated rings. The van der Waals surface area contributed by atoms with Gasteiger partial charge in [-0.2, -0.15) is 0 Å². The predicted molar refractivity (Wildman–Crippen MR) is 117 cm³/mol. The molecular weight excluding hydrogens is 432 g/mol. The zero-order valence-corrected chi connectivity index (χ0v) is 18.4. The third-order valence-electron chi connectivity index (χ3n) is 5.84. The van der Waals surface area contributed by atoms with Crippen molar-refractivity contribution in [2.45, 2.75) is 18.7 Å². The Balaban J connectivity index is 1.76. The molecule has 2 aromatic carbocycles. The SMILES string of the molecule is COC(=O)C1C2c3ccccc3OC1(C)N=c1s/c(=C\c3ccc(O)c(OC)c3)c(=O)n12. The number of fused-ring (bicyclic) bond motifs is 6. The van der Waals surface area contributed by atoms with Crippen molar-refractivity contribution in [2.24, 2.45) is 10.9 Å². The van der Waals surface area contributed by atoms with Crippen molar-refractivity contribution in [3.05, 3.63) is 73.3 Å². The molecule has 0 amide bonds. The number of aromatic hydroxyl groups is 1. The lowest BCUT2D eigenvalue weighted by atomic mass is 9.81. The average molecular weight is 452 g/mol. The first kappa shape index (κ1) is 20.3. The lowest BCUT2D eigenvalue weighted by molar-refractivity contribution is -0.158. The Morgan fingerprint density at radius 2 is 2.06 bits per heavy atom. The van der Waals surface area contributed by atoms with Crippen molar-refractivity contribution >= 4 is 23.4 Å². The van der Waals surface area contributed by atoms with Gasteiger partial charge in [0.2, 0.25) is 5.72 Å². The molecule has 3 unspecified atom stereocenters. The van der Waals surface area contributed by atoms with Gasteiger partial charge in [0.1, 0.15) is 11.7 Å². The van der Waals surface area contributed by atoms with Crippen LogP contribution in [0.4, 0.5) is 0 Å². The number of carbonyl (C=O) groups excluding carboxylic acids is 1. The Morgan fingerprint density at radius 1 is 1.28 bits per heavy atom. The fourth-order valence-corrected chi connectivity index (χ4v) is 5.47. The lowest BCUT2D eigenvalue weighted by Crippen LogP contribution is -2.58. The number of methoxy groups -OCH3 is 2. The molecule has 2 aliphatic rings. The van der Waals surface area contributed by atoms with Gasteiger partial charge in [0, 0.05) is 5.56 Å². The maximum Gasteiger partial charge on any atom is 0.317 e. The molecule has 5 rings (SSSR count). The Labute approximate surface area is 186 Å². The molecule has 0 radical (unpaired) electrons. The molecule has 164 valence electrons. The van der Waals surface area contributed by atoms with E-state index in [-0.39, 0.29) is 11.3 Å². The number of hydrogen-bond donors (Lipinski definition) is 1. The minimum atomic E-state index is -1.21. The monoisotopic (exact) mass is 452 g/mol. The summed E-state index contributed by atoms with van der Waals surface area (Å²) in [5, 5.41) is 9.84. The molecule has 0 spiro atoms. The van der Waals surface area contributed by atoms with E-state index in [0.29, 0.717) is 26.4 Å². The Bertz CT molecular complexity index is 1420. The van der Waals surface area contributed by atoms with Crippen LogP contribution in [0.1, 0.15) is 24.1 Å². The van der Waals surface area contributed by atoms with E-state index in [1.165, 1.54) is 31.6 Å². The first-order chi connectivity index (χ1) is 15.4. The highest BCUT2D eigenvalue weighted by Gasteiger charge is 2.55. The molecule has 1 N–H and O–H groups in total. The van der Waals surface area contributed by atoms with E-state index >= 15 is 0 Å². The first-order valence-electron chi connectivity index (χ1n) is 9.92. The van der Waals surface area contributed by atoms with Crippen molar-refractivity contribution in [1.82, 2.24) is 4.57 Å². The summed E-state index contributed by atoms with van der Waals surface area (Å²) in [5.74, 6) is -0.405. The van der Waals surface area contributed by atoms with Crippen molar-refractivity contribution < 1.29 is 24.1 Å². The number of hydrogen-bond acceptors (Lipinski definition) is 8. The average Bonchev–Trinajstić information content (AvgIpc) is 3.07. The van der Waals surface area contributed by atoms with Crippen LogP contribution in [0.3, 0.4) is 0 Å². The van der Waals surface area contributed by atoms with E-state index in [2.05, 4.69) is 0 Å². The van der Waals surface area contributed by atoms with Crippen molar-refractivity contribution in [1.29, 1.82) is 0 Å². The highest BCUT2D eigenvalue weighted by Crippen LogP contribution is 2.47. The minimum Gasteiger partial charge on any atom is -0.504 e. The quantitative estimate of drug-likeness (QED) is 0.606. The van der Waals surface area contributed by atoms with Crippen LogP contribution in [0.25, 0.3) is 6.08 Å². The van der Waals surface area contributed by atoms with Gasteiger partial charge in [-0.1, -0.05) is 35.6 Å². The number of esters is 1. The summed E-state index contributed by atoms with van der Waals surface area (Å²) < 4.78 is 18.4. The number of phenols is 1. The maximum atomic E-state index is 13.5. The number of ether oxygens (including phenoxy) is 3. The van der Waals surface area contributed by atoms with Gasteiger partial charge in [-0.05, 0) is 36.8 Å². The highest BCUT2D eigenvalue weighted by atomic mass is 32.1. The van der Waals surface area contributed by atoms with Gasteiger partial charge in [-0.3, -0.25) is 14.2 Å². The second-order valence-corrected chi connectivity index (χ2v) is 8.76. The number of nitrogens with zero attached hydrogens (tertiary/aromatic N) is 2. The third kappa shape index (κ3) is 2.92. The molecule has 0 saturated heterocycles. The van der Waals surface area contributed by atoms with Crippen LogP contribution in [0, 0.1) is 5.92 Å². The summed E-state index contributed by atoms with van der Waals surface area (Å²) in [6.45, 7) is 1.74. The van der Waals surface area contributed by atoms with Crippen LogP contribution < -0.4 is 24.4 Å². The van der Waals surface area contributed by atoms with Crippen LogP contribution in [-0.4, -0.2) is 35.6 Å². The van der Waals surface area contributed by atoms with Gasteiger partial charge in [0.15, 0.2) is 16.3 Å². The number of aromatic nitrogens is 1. The molecular formula is C23H20N2O6S. The molecule has 8 nitrogen and oxygen atoms in total. The van der Waals surface area contributed by atoms with Crippen LogP contribution in [0.2, 0.25) is 0 Å². The van der Waals surface area contributed by atoms with E-state index in [1.54, 1.807) is 29.7 Å². The minimum absolute atomic E-state index is 0.0123. The second-order valence-electron chi connectivity index (χ2n) is 7.75. The summed E-state index contributed by atoms with van der Waals surface area (Å²) in [4.78, 5) is 31.5. The standard InChI is InChI=1S/C23H20N2O6S/c1-23-18(21(28)30-3)19(13-6-4-5-7-15(13)31-23)25-20(27)17(32-22(25)24-23)11-12-8-9-14(26)16(10-12)29-2/h4-11,18-19,26H,1-3H3/b17-11-. The number of para-hydroxylation sites is 1. The Morgan fingerprint density at radius 3 is 2.81 bits per heavy atom. The van der Waals surface area contributed by atoms with Gasteiger partial charge < -0.3 is 19.3 Å². The molecule has 0 aliphatic carbocycles. The molecule has 1 aromatic heterocycles. The van der Waals surface area contributed by atoms with Gasteiger partial charge in [0.25, 0.3) is 5.56 Å². The molecule has 3 atom stereocenters. The molecule has 32 heavy (non-hydrogen) atoms. The van der Waals surface area contributed by atoms with Gasteiger partial charge in [0.05, 0.1) is 24.8 Å². The van der Waals surface area contributed by atoms with E-state index in [4.69, 9.17) is 19.2 Å². The second kappa shape index (κ2) is 7.23. The fraction of sp³-hybridized carbons (Fsp3) is 0.261. The van der Waals surface area contributed by atoms with E-state index in [0.717, 1.165) is 5.56 Å². The van der Waals surface area contributed by atoms with Crippen LogP contribution >= 0.6 is 11.3 Å². The highest BCUT2D eigenvalue weighted by molar-refractivity contribution is 7.07. The number of phenolic OH excluding ortho intramolecular Hbond substituents is 1. The zero-order chi connectivity index (χ0) is 22.6. The summed E-state index contributed by atoms with van der Waals surface area (Å²) in [6.07, 6.45) is 1.71. The number of benzene rings is 2. The smallest absolute Gasteiger partial charge is 0.317 e. The Hall–Kier alpha value is -3.59. The molecule has 9 heteroatoms. The van der Waals surface area contributed by atoms with E-state index < -0.39 is 23.7 Å². The molecule has 3 aromatic rings.